The Kier molecular flexibility index (Phi) is 3.91. The van der Waals surface area contributed by atoms with E-state index in [4.69, 9.17) is 9.84 Å². The predicted octanol–water partition coefficient (Wildman–Crippen LogP) is 0.735. The molecule has 1 aliphatic heterocycles. The number of aliphatic carboxylic acids is 1. The maximum absolute atomic E-state index is 11.6. The summed E-state index contributed by atoms with van der Waals surface area (Å²) in [5.74, 6) is -1.56. The van der Waals surface area contributed by atoms with E-state index >= 15 is 0 Å². The van der Waals surface area contributed by atoms with Crippen molar-refractivity contribution >= 4 is 11.9 Å². The van der Waals surface area contributed by atoms with Crippen LogP contribution >= 0.6 is 0 Å². The largest absolute Gasteiger partial charge is 0.481 e. The first-order chi connectivity index (χ1) is 7.35. The average Bonchev–Trinajstić information content (AvgIpc) is 2.47. The molecule has 1 N–H and O–H groups in total. The first-order valence-corrected chi connectivity index (χ1v) is 5.50. The Balaban J connectivity index is 2.56. The van der Waals surface area contributed by atoms with Crippen LogP contribution in [0.4, 0.5) is 0 Å². The summed E-state index contributed by atoms with van der Waals surface area (Å²) in [6.07, 6.45) is 0.109. The highest BCUT2D eigenvalue weighted by Gasteiger charge is 2.36. The molecule has 1 saturated heterocycles. The molecule has 0 aromatic rings. The molecule has 1 aliphatic rings. The van der Waals surface area contributed by atoms with Crippen LogP contribution in [0.1, 0.15) is 27.2 Å². The number of carbonyl (C=O) groups excluding carboxylic acids is 1. The second-order valence-corrected chi connectivity index (χ2v) is 4.71. The van der Waals surface area contributed by atoms with Gasteiger partial charge >= 0.3 is 5.97 Å². The van der Waals surface area contributed by atoms with Gasteiger partial charge in [-0.1, -0.05) is 0 Å². The zero-order valence-corrected chi connectivity index (χ0v) is 10.0. The number of carbonyl (C=O) groups is 2. The smallest absolute Gasteiger partial charge is 0.308 e. The van der Waals surface area contributed by atoms with Crippen LogP contribution in [0.25, 0.3) is 0 Å². The number of hydrogen-bond donors (Lipinski definition) is 1. The van der Waals surface area contributed by atoms with E-state index in [0.717, 1.165) is 0 Å². The summed E-state index contributed by atoms with van der Waals surface area (Å²) in [6.45, 7) is 7.02. The summed E-state index contributed by atoms with van der Waals surface area (Å²) in [6, 6.07) is 0. The fourth-order valence-corrected chi connectivity index (χ4v) is 1.99. The Bertz CT molecular complexity index is 288. The van der Waals surface area contributed by atoms with Gasteiger partial charge in [0.25, 0.3) is 0 Å². The summed E-state index contributed by atoms with van der Waals surface area (Å²) in [5, 5.41) is 8.84. The van der Waals surface area contributed by atoms with Crippen molar-refractivity contribution in [2.45, 2.75) is 32.8 Å². The van der Waals surface area contributed by atoms with Gasteiger partial charge in [-0.2, -0.15) is 0 Å². The average molecular weight is 229 g/mol. The standard InChI is InChI=1S/C11H19NO4/c1-4-16-11(2,3)7-12-6-8(10(14)15)5-9(12)13/h8H,4-7H2,1-3H3,(H,14,15). The zero-order valence-electron chi connectivity index (χ0n) is 10.0. The molecular weight excluding hydrogens is 210 g/mol. The maximum Gasteiger partial charge on any atom is 0.308 e. The normalized spacial score (nSPS) is 21.6. The molecule has 0 aromatic carbocycles. The zero-order chi connectivity index (χ0) is 12.3. The van der Waals surface area contributed by atoms with Gasteiger partial charge in [0.05, 0.1) is 11.5 Å². The summed E-state index contributed by atoms with van der Waals surface area (Å²) in [5.41, 5.74) is -0.419. The van der Waals surface area contributed by atoms with Gasteiger partial charge in [-0.15, -0.1) is 0 Å². The fourth-order valence-electron chi connectivity index (χ4n) is 1.99. The van der Waals surface area contributed by atoms with E-state index in [-0.39, 0.29) is 12.3 Å². The number of rotatable bonds is 5. The number of hydrogen-bond acceptors (Lipinski definition) is 3. The summed E-state index contributed by atoms with van der Waals surface area (Å²) in [7, 11) is 0. The molecule has 1 amide bonds. The Hall–Kier alpha value is -1.10. The van der Waals surface area contributed by atoms with Gasteiger partial charge in [0.2, 0.25) is 5.91 Å². The Morgan fingerprint density at radius 1 is 1.62 bits per heavy atom. The summed E-state index contributed by atoms with van der Waals surface area (Å²) >= 11 is 0. The third kappa shape index (κ3) is 3.20. The number of nitrogens with zero attached hydrogens (tertiary/aromatic N) is 1. The van der Waals surface area contributed by atoms with Gasteiger partial charge in [0.1, 0.15) is 0 Å². The second kappa shape index (κ2) is 4.82. The first-order valence-electron chi connectivity index (χ1n) is 5.50. The van der Waals surface area contributed by atoms with E-state index in [1.807, 2.05) is 20.8 Å². The lowest BCUT2D eigenvalue weighted by atomic mass is 10.1. The molecule has 0 aliphatic carbocycles. The molecule has 5 nitrogen and oxygen atoms in total. The van der Waals surface area contributed by atoms with Crippen molar-refractivity contribution in [3.63, 3.8) is 0 Å². The number of carboxylic acids is 1. The van der Waals surface area contributed by atoms with Crippen LogP contribution < -0.4 is 0 Å². The number of likely N-dealkylation sites (tertiary alicyclic amines) is 1. The van der Waals surface area contributed by atoms with Crippen molar-refractivity contribution in [3.8, 4) is 0 Å². The van der Waals surface area contributed by atoms with Crippen molar-refractivity contribution in [3.05, 3.63) is 0 Å². The van der Waals surface area contributed by atoms with Gasteiger partial charge < -0.3 is 14.7 Å². The lowest BCUT2D eigenvalue weighted by molar-refractivity contribution is -0.141. The van der Waals surface area contributed by atoms with Gasteiger partial charge in [0, 0.05) is 26.1 Å². The van der Waals surface area contributed by atoms with E-state index in [9.17, 15) is 9.59 Å². The van der Waals surface area contributed by atoms with Gasteiger partial charge in [-0.25, -0.2) is 0 Å². The van der Waals surface area contributed by atoms with Crippen LogP contribution in [0.2, 0.25) is 0 Å². The van der Waals surface area contributed by atoms with Crippen LogP contribution in [-0.2, 0) is 14.3 Å². The van der Waals surface area contributed by atoms with Gasteiger partial charge in [-0.05, 0) is 20.8 Å². The summed E-state index contributed by atoms with van der Waals surface area (Å²) < 4.78 is 5.49. The van der Waals surface area contributed by atoms with Gasteiger partial charge in [0.15, 0.2) is 0 Å². The van der Waals surface area contributed by atoms with Crippen molar-refractivity contribution < 1.29 is 19.4 Å². The maximum atomic E-state index is 11.6. The predicted molar refractivity (Wildman–Crippen MR) is 58.0 cm³/mol. The monoisotopic (exact) mass is 229 g/mol. The van der Waals surface area contributed by atoms with E-state index in [2.05, 4.69) is 0 Å². The SMILES string of the molecule is CCOC(C)(C)CN1CC(C(=O)O)CC1=O. The van der Waals surface area contributed by atoms with Crippen LogP contribution in [0, 0.1) is 5.92 Å². The van der Waals surface area contributed by atoms with Crippen LogP contribution in [0.3, 0.4) is 0 Å². The highest BCUT2D eigenvalue weighted by Crippen LogP contribution is 2.21. The van der Waals surface area contributed by atoms with Gasteiger partial charge in [-0.3, -0.25) is 9.59 Å². The lowest BCUT2D eigenvalue weighted by Gasteiger charge is -2.30. The third-order valence-electron chi connectivity index (χ3n) is 2.67. The summed E-state index contributed by atoms with van der Waals surface area (Å²) in [4.78, 5) is 23.9. The second-order valence-electron chi connectivity index (χ2n) is 4.71. The minimum Gasteiger partial charge on any atom is -0.481 e. The van der Waals surface area contributed by atoms with E-state index in [1.165, 1.54) is 0 Å². The van der Waals surface area contributed by atoms with Crippen molar-refractivity contribution in [1.82, 2.24) is 4.90 Å². The molecule has 1 unspecified atom stereocenters. The Labute approximate surface area is 95.4 Å². The van der Waals surface area contributed by atoms with E-state index in [1.54, 1.807) is 4.90 Å². The van der Waals surface area contributed by atoms with Crippen molar-refractivity contribution in [1.29, 1.82) is 0 Å². The minimum atomic E-state index is -0.898. The molecule has 0 radical (unpaired) electrons. The lowest BCUT2D eigenvalue weighted by Crippen LogP contribution is -2.41. The quantitative estimate of drug-likeness (QED) is 0.755. The van der Waals surface area contributed by atoms with E-state index < -0.39 is 17.5 Å². The van der Waals surface area contributed by atoms with Crippen LogP contribution in [0.5, 0.6) is 0 Å². The van der Waals surface area contributed by atoms with Crippen LogP contribution in [0.15, 0.2) is 0 Å². The first kappa shape index (κ1) is 13.0. The molecule has 1 fully saturated rings. The number of carboxylic acid groups (broad SMARTS) is 1. The Morgan fingerprint density at radius 2 is 2.25 bits per heavy atom. The number of amides is 1. The molecule has 92 valence electrons. The van der Waals surface area contributed by atoms with Crippen molar-refractivity contribution in [2.24, 2.45) is 5.92 Å². The molecular formula is C11H19NO4. The molecule has 1 atom stereocenters. The topological polar surface area (TPSA) is 66.8 Å². The minimum absolute atomic E-state index is 0.0971. The highest BCUT2D eigenvalue weighted by atomic mass is 16.5. The molecule has 0 aromatic heterocycles. The highest BCUT2D eigenvalue weighted by molar-refractivity contribution is 5.86. The van der Waals surface area contributed by atoms with Crippen LogP contribution in [-0.4, -0.2) is 47.2 Å². The number of ether oxygens (including phenoxy) is 1. The molecule has 0 spiro atoms. The Morgan fingerprint density at radius 3 is 2.69 bits per heavy atom. The fraction of sp³-hybridized carbons (Fsp3) is 0.818. The third-order valence-corrected chi connectivity index (χ3v) is 2.67. The molecule has 16 heavy (non-hydrogen) atoms. The molecule has 1 heterocycles. The molecule has 5 heteroatoms. The molecule has 0 bridgehead atoms. The van der Waals surface area contributed by atoms with E-state index in [0.29, 0.717) is 19.7 Å². The van der Waals surface area contributed by atoms with Crippen molar-refractivity contribution in [2.75, 3.05) is 19.7 Å². The molecule has 1 rings (SSSR count). The molecule has 0 saturated carbocycles.